The van der Waals surface area contributed by atoms with Gasteiger partial charge in [0, 0.05) is 32.2 Å². The van der Waals surface area contributed by atoms with Crippen molar-refractivity contribution in [2.24, 2.45) is 0 Å². The van der Waals surface area contributed by atoms with Gasteiger partial charge in [-0.3, -0.25) is 14.4 Å². The Balaban J connectivity index is 1.35. The molecule has 2 aromatic carbocycles. The highest BCUT2D eigenvalue weighted by atomic mass is 16.5. The Kier molecular flexibility index (Phi) is 7.29. The summed E-state index contributed by atoms with van der Waals surface area (Å²) in [7, 11) is 0. The summed E-state index contributed by atoms with van der Waals surface area (Å²) in [6, 6.07) is 21.8. The average molecular weight is 475 g/mol. The molecular formula is C27H30N4O4. The van der Waals surface area contributed by atoms with E-state index < -0.39 is 5.41 Å². The van der Waals surface area contributed by atoms with Crippen molar-refractivity contribution in [1.82, 2.24) is 19.6 Å². The van der Waals surface area contributed by atoms with Crippen molar-refractivity contribution in [3.05, 3.63) is 94.4 Å². The molecule has 1 aliphatic heterocycles. The second kappa shape index (κ2) is 10.5. The van der Waals surface area contributed by atoms with Crippen molar-refractivity contribution < 1.29 is 14.3 Å². The summed E-state index contributed by atoms with van der Waals surface area (Å²) >= 11 is 0. The van der Waals surface area contributed by atoms with Crippen LogP contribution in [0.5, 0.6) is 5.75 Å². The summed E-state index contributed by atoms with van der Waals surface area (Å²) < 4.78 is 6.89. The van der Waals surface area contributed by atoms with Crippen LogP contribution in [-0.4, -0.2) is 64.2 Å². The van der Waals surface area contributed by atoms with Crippen molar-refractivity contribution in [1.29, 1.82) is 0 Å². The Morgan fingerprint density at radius 1 is 0.857 bits per heavy atom. The molecule has 0 spiro atoms. The van der Waals surface area contributed by atoms with Crippen molar-refractivity contribution in [2.75, 3.05) is 32.8 Å². The van der Waals surface area contributed by atoms with E-state index in [0.29, 0.717) is 31.9 Å². The third kappa shape index (κ3) is 5.59. The van der Waals surface area contributed by atoms with Gasteiger partial charge in [-0.1, -0.05) is 48.5 Å². The number of rotatable bonds is 7. The number of carbonyl (C=O) groups excluding carboxylic acids is 2. The summed E-state index contributed by atoms with van der Waals surface area (Å²) in [5.41, 5.74) is 0.225. The predicted molar refractivity (Wildman–Crippen MR) is 132 cm³/mol. The molecule has 0 aliphatic carbocycles. The molecule has 35 heavy (non-hydrogen) atoms. The van der Waals surface area contributed by atoms with E-state index in [0.717, 1.165) is 5.56 Å². The van der Waals surface area contributed by atoms with E-state index in [1.165, 1.54) is 16.8 Å². The molecule has 2 amide bonds. The van der Waals surface area contributed by atoms with E-state index in [1.54, 1.807) is 4.90 Å². The lowest BCUT2D eigenvalue weighted by Gasteiger charge is -2.38. The minimum Gasteiger partial charge on any atom is -0.492 e. The molecule has 1 aliphatic rings. The van der Waals surface area contributed by atoms with Gasteiger partial charge in [-0.05, 0) is 37.6 Å². The largest absolute Gasteiger partial charge is 0.492 e. The topological polar surface area (TPSA) is 84.7 Å². The fourth-order valence-electron chi connectivity index (χ4n) is 4.14. The van der Waals surface area contributed by atoms with Gasteiger partial charge in [0.05, 0.1) is 12.0 Å². The van der Waals surface area contributed by atoms with Crippen LogP contribution in [0.3, 0.4) is 0 Å². The van der Waals surface area contributed by atoms with Gasteiger partial charge >= 0.3 is 0 Å². The Morgan fingerprint density at radius 3 is 2.11 bits per heavy atom. The van der Waals surface area contributed by atoms with Crippen LogP contribution >= 0.6 is 0 Å². The molecule has 1 saturated heterocycles. The first-order chi connectivity index (χ1) is 16.9. The van der Waals surface area contributed by atoms with Crippen LogP contribution in [0.1, 0.15) is 29.9 Å². The van der Waals surface area contributed by atoms with Crippen molar-refractivity contribution >= 4 is 11.8 Å². The highest BCUT2D eigenvalue weighted by Gasteiger charge is 2.35. The smallest absolute Gasteiger partial charge is 0.274 e. The minimum atomic E-state index is -0.647. The van der Waals surface area contributed by atoms with Gasteiger partial charge in [-0.15, -0.1) is 0 Å². The van der Waals surface area contributed by atoms with Crippen LogP contribution in [0.15, 0.2) is 77.6 Å². The zero-order chi connectivity index (χ0) is 24.8. The monoisotopic (exact) mass is 474 g/mol. The normalized spacial score (nSPS) is 14.0. The van der Waals surface area contributed by atoms with Gasteiger partial charge in [0.2, 0.25) is 5.91 Å². The molecule has 3 aromatic rings. The first-order valence-electron chi connectivity index (χ1n) is 11.8. The van der Waals surface area contributed by atoms with Crippen LogP contribution in [0, 0.1) is 0 Å². The number of nitrogens with zero attached hydrogens (tertiary/aromatic N) is 4. The third-order valence-electron chi connectivity index (χ3n) is 6.29. The van der Waals surface area contributed by atoms with Crippen LogP contribution in [0.25, 0.3) is 0 Å². The number of piperazine rings is 1. The number of ether oxygens (including phenoxy) is 1. The fraction of sp³-hybridized carbons (Fsp3) is 0.333. The standard InChI is InChI=1S/C27H30N4O4/c1-27(2,21-9-5-3-6-10-21)26(34)30-17-15-29(16-18-30)25(33)23-13-14-24(32)31(28-23)19-20-35-22-11-7-4-8-12-22/h3-14H,15-20H2,1-2H3. The third-order valence-corrected chi connectivity index (χ3v) is 6.29. The minimum absolute atomic E-state index is 0.0425. The van der Waals surface area contributed by atoms with Gasteiger partial charge in [0.1, 0.15) is 18.1 Å². The zero-order valence-electron chi connectivity index (χ0n) is 20.1. The average Bonchev–Trinajstić information content (AvgIpc) is 2.90. The number of amides is 2. The maximum absolute atomic E-state index is 13.2. The van der Waals surface area contributed by atoms with E-state index in [9.17, 15) is 14.4 Å². The van der Waals surface area contributed by atoms with Crippen LogP contribution in [0.4, 0.5) is 0 Å². The molecule has 0 radical (unpaired) electrons. The SMILES string of the molecule is CC(C)(C(=O)N1CCN(C(=O)c2ccc(=O)n(CCOc3ccccc3)n2)CC1)c1ccccc1. The summed E-state index contributed by atoms with van der Waals surface area (Å²) in [5, 5.41) is 4.26. The van der Waals surface area contributed by atoms with Crippen LogP contribution < -0.4 is 10.3 Å². The predicted octanol–water partition coefficient (Wildman–Crippen LogP) is 2.58. The van der Waals surface area contributed by atoms with Gasteiger partial charge in [0.15, 0.2) is 0 Å². The molecule has 0 saturated carbocycles. The molecular weight excluding hydrogens is 444 g/mol. The lowest BCUT2D eigenvalue weighted by atomic mass is 9.83. The molecule has 8 nitrogen and oxygen atoms in total. The van der Waals surface area contributed by atoms with E-state index in [2.05, 4.69) is 5.10 Å². The molecule has 182 valence electrons. The Labute approximate surface area is 204 Å². The lowest BCUT2D eigenvalue weighted by Crippen LogP contribution is -2.54. The number of hydrogen-bond acceptors (Lipinski definition) is 5. The van der Waals surface area contributed by atoms with Gasteiger partial charge in [0.25, 0.3) is 11.5 Å². The molecule has 4 rings (SSSR count). The second-order valence-electron chi connectivity index (χ2n) is 9.02. The van der Waals surface area contributed by atoms with Gasteiger partial charge in [-0.2, -0.15) is 5.10 Å². The highest BCUT2D eigenvalue weighted by Crippen LogP contribution is 2.26. The van der Waals surface area contributed by atoms with Gasteiger partial charge in [-0.25, -0.2) is 4.68 Å². The first kappa shape index (κ1) is 24.2. The molecule has 2 heterocycles. The number of para-hydroxylation sites is 1. The number of hydrogen-bond donors (Lipinski definition) is 0. The molecule has 8 heteroatoms. The maximum Gasteiger partial charge on any atom is 0.274 e. The van der Waals surface area contributed by atoms with E-state index in [1.807, 2.05) is 79.4 Å². The van der Waals surface area contributed by atoms with Crippen LogP contribution in [0.2, 0.25) is 0 Å². The van der Waals surface area contributed by atoms with E-state index in [-0.39, 0.29) is 36.2 Å². The maximum atomic E-state index is 13.2. The zero-order valence-corrected chi connectivity index (χ0v) is 20.1. The molecule has 0 unspecified atom stereocenters. The second-order valence-corrected chi connectivity index (χ2v) is 9.02. The van der Waals surface area contributed by atoms with Crippen LogP contribution in [-0.2, 0) is 16.8 Å². The molecule has 0 atom stereocenters. The molecule has 1 fully saturated rings. The summed E-state index contributed by atoms with van der Waals surface area (Å²) in [6.07, 6.45) is 0. The van der Waals surface area contributed by atoms with E-state index in [4.69, 9.17) is 4.74 Å². The molecule has 1 aromatic heterocycles. The number of carbonyl (C=O) groups is 2. The fourth-order valence-corrected chi connectivity index (χ4v) is 4.14. The quantitative estimate of drug-likeness (QED) is 0.526. The Hall–Kier alpha value is -3.94. The first-order valence-corrected chi connectivity index (χ1v) is 11.8. The lowest BCUT2D eigenvalue weighted by molar-refractivity contribution is -0.137. The van der Waals surface area contributed by atoms with Gasteiger partial charge < -0.3 is 14.5 Å². The number of benzene rings is 2. The summed E-state index contributed by atoms with van der Waals surface area (Å²) in [6.45, 7) is 6.06. The molecule has 0 N–H and O–H groups in total. The Morgan fingerprint density at radius 2 is 1.46 bits per heavy atom. The summed E-state index contributed by atoms with van der Waals surface area (Å²) in [4.78, 5) is 42.0. The number of aromatic nitrogens is 2. The molecule has 0 bridgehead atoms. The summed E-state index contributed by atoms with van der Waals surface area (Å²) in [5.74, 6) is 0.494. The van der Waals surface area contributed by atoms with E-state index >= 15 is 0 Å². The highest BCUT2D eigenvalue weighted by molar-refractivity contribution is 5.92. The van der Waals surface area contributed by atoms with Crippen molar-refractivity contribution in [3.63, 3.8) is 0 Å². The van der Waals surface area contributed by atoms with Crippen molar-refractivity contribution in [2.45, 2.75) is 25.8 Å². The van der Waals surface area contributed by atoms with Crippen molar-refractivity contribution in [3.8, 4) is 5.75 Å². The Bertz CT molecular complexity index is 1220.